The van der Waals surface area contributed by atoms with Crippen molar-refractivity contribution in [1.82, 2.24) is 14.5 Å². The van der Waals surface area contributed by atoms with Crippen molar-refractivity contribution in [1.29, 1.82) is 0 Å². The van der Waals surface area contributed by atoms with Crippen LogP contribution in [0, 0.1) is 0 Å². The lowest BCUT2D eigenvalue weighted by Gasteiger charge is -2.25. The number of nitrogens with zero attached hydrogens (tertiary/aromatic N) is 3. The van der Waals surface area contributed by atoms with Gasteiger partial charge in [0.15, 0.2) is 0 Å². The second kappa shape index (κ2) is 9.60. The summed E-state index contributed by atoms with van der Waals surface area (Å²) in [6, 6.07) is 13.1. The lowest BCUT2D eigenvalue weighted by atomic mass is 9.95. The Morgan fingerprint density at radius 2 is 1.61 bits per heavy atom. The van der Waals surface area contributed by atoms with Crippen molar-refractivity contribution in [3.63, 3.8) is 0 Å². The number of rotatable bonds is 8. The van der Waals surface area contributed by atoms with Crippen LogP contribution in [0.4, 0.5) is 0 Å². The van der Waals surface area contributed by atoms with Crippen LogP contribution in [-0.2, 0) is 16.1 Å². The van der Waals surface area contributed by atoms with Crippen LogP contribution >= 0.6 is 0 Å². The summed E-state index contributed by atoms with van der Waals surface area (Å²) in [4.78, 5) is 31.6. The van der Waals surface area contributed by atoms with E-state index >= 15 is 0 Å². The van der Waals surface area contributed by atoms with Crippen LogP contribution in [0.3, 0.4) is 0 Å². The maximum Gasteiger partial charge on any atom is 0.295 e. The van der Waals surface area contributed by atoms with Crippen LogP contribution in [0.1, 0.15) is 23.6 Å². The lowest BCUT2D eigenvalue weighted by Crippen LogP contribution is -2.31. The molecule has 0 aliphatic carbocycles. The molecule has 0 spiro atoms. The van der Waals surface area contributed by atoms with Crippen LogP contribution in [0.15, 0.2) is 72.8 Å². The Kier molecular flexibility index (Phi) is 6.44. The van der Waals surface area contributed by atoms with E-state index in [2.05, 4.69) is 4.98 Å². The predicted octanol–water partition coefficient (Wildman–Crippen LogP) is 3.41. The van der Waals surface area contributed by atoms with Gasteiger partial charge in [0.25, 0.3) is 11.7 Å². The average molecular weight is 447 g/mol. The molecule has 8 heteroatoms. The van der Waals surface area contributed by atoms with Crippen LogP contribution in [0.2, 0.25) is 0 Å². The van der Waals surface area contributed by atoms with Gasteiger partial charge in [-0.3, -0.25) is 9.59 Å². The fourth-order valence-electron chi connectivity index (χ4n) is 3.99. The molecule has 1 atom stereocenters. The number of aromatic nitrogens is 2. The molecule has 2 aromatic carbocycles. The van der Waals surface area contributed by atoms with Gasteiger partial charge in [-0.15, -0.1) is 0 Å². The molecule has 1 amide bonds. The minimum atomic E-state index is -0.708. The third kappa shape index (κ3) is 4.45. The second-order valence-electron chi connectivity index (χ2n) is 7.65. The van der Waals surface area contributed by atoms with E-state index in [-0.39, 0.29) is 11.3 Å². The Morgan fingerprint density at radius 1 is 0.970 bits per heavy atom. The summed E-state index contributed by atoms with van der Waals surface area (Å²) in [6.07, 6.45) is 5.87. The molecule has 1 aromatic heterocycles. The molecule has 1 fully saturated rings. The van der Waals surface area contributed by atoms with Crippen LogP contribution in [0.25, 0.3) is 5.76 Å². The standard InChI is InChI=1S/C25H25N3O5/c1-32-19-8-4-17(5-9-19)22-21(23(29)18-6-10-20(33-2)11-7-18)24(30)25(31)28(22)14-3-13-27-15-12-26-16-27/h4-12,15-16,22,29H,3,13-14H2,1-2H3/t22-/m1/s1. The van der Waals surface area contributed by atoms with Crippen molar-refractivity contribution >= 4 is 17.4 Å². The first-order valence-electron chi connectivity index (χ1n) is 10.6. The highest BCUT2D eigenvalue weighted by Crippen LogP contribution is 2.40. The maximum atomic E-state index is 13.1. The van der Waals surface area contributed by atoms with Gasteiger partial charge in [-0.1, -0.05) is 12.1 Å². The predicted molar refractivity (Wildman–Crippen MR) is 122 cm³/mol. The van der Waals surface area contributed by atoms with Gasteiger partial charge in [0.05, 0.1) is 32.2 Å². The molecule has 4 rings (SSSR count). The zero-order valence-corrected chi connectivity index (χ0v) is 18.5. The highest BCUT2D eigenvalue weighted by atomic mass is 16.5. The number of hydrogen-bond donors (Lipinski definition) is 1. The number of methoxy groups -OCH3 is 2. The first kappa shape index (κ1) is 22.1. The number of ketones is 1. The summed E-state index contributed by atoms with van der Waals surface area (Å²) in [7, 11) is 3.12. The van der Waals surface area contributed by atoms with Crippen molar-refractivity contribution in [3.05, 3.63) is 84.0 Å². The summed E-state index contributed by atoms with van der Waals surface area (Å²) in [5.41, 5.74) is 1.22. The molecule has 1 N–H and O–H groups in total. The molecule has 1 saturated heterocycles. The number of hydrogen-bond acceptors (Lipinski definition) is 6. The number of likely N-dealkylation sites (tertiary alicyclic amines) is 1. The molecular formula is C25H25N3O5. The van der Waals surface area contributed by atoms with Gasteiger partial charge < -0.3 is 24.0 Å². The van der Waals surface area contributed by atoms with Crippen molar-refractivity contribution in [2.75, 3.05) is 20.8 Å². The number of imidazole rings is 1. The second-order valence-corrected chi connectivity index (χ2v) is 7.65. The molecule has 0 radical (unpaired) electrons. The molecule has 3 aromatic rings. The highest BCUT2D eigenvalue weighted by Gasteiger charge is 2.45. The Morgan fingerprint density at radius 3 is 2.18 bits per heavy atom. The topological polar surface area (TPSA) is 93.9 Å². The number of amides is 1. The summed E-state index contributed by atoms with van der Waals surface area (Å²) >= 11 is 0. The first-order chi connectivity index (χ1) is 16.0. The minimum absolute atomic E-state index is 0.0676. The first-order valence-corrected chi connectivity index (χ1v) is 10.6. The fourth-order valence-corrected chi connectivity index (χ4v) is 3.99. The lowest BCUT2D eigenvalue weighted by molar-refractivity contribution is -0.139. The van der Waals surface area contributed by atoms with E-state index in [4.69, 9.17) is 9.47 Å². The monoisotopic (exact) mass is 447 g/mol. The molecule has 0 saturated carbocycles. The molecule has 0 bridgehead atoms. The average Bonchev–Trinajstić information content (AvgIpc) is 3.46. The Labute approximate surface area is 191 Å². The minimum Gasteiger partial charge on any atom is -0.507 e. The number of Topliss-reactive ketones (excluding diaryl/α,β-unsaturated/α-hetero) is 1. The zero-order valence-electron chi connectivity index (χ0n) is 18.5. The van der Waals surface area contributed by atoms with E-state index in [1.807, 2.05) is 10.8 Å². The summed E-state index contributed by atoms with van der Waals surface area (Å²) in [5, 5.41) is 11.1. The van der Waals surface area contributed by atoms with Gasteiger partial charge in [-0.05, 0) is 48.4 Å². The normalized spacial score (nSPS) is 17.4. The summed E-state index contributed by atoms with van der Waals surface area (Å²) in [6.45, 7) is 0.996. The Balaban J connectivity index is 1.72. The highest BCUT2D eigenvalue weighted by molar-refractivity contribution is 6.46. The fraction of sp³-hybridized carbons (Fsp3) is 0.240. The van der Waals surface area contributed by atoms with Crippen molar-refractivity contribution in [2.24, 2.45) is 0 Å². The van der Waals surface area contributed by atoms with Gasteiger partial charge in [-0.2, -0.15) is 0 Å². The van der Waals surface area contributed by atoms with Crippen molar-refractivity contribution < 1.29 is 24.2 Å². The number of benzene rings is 2. The number of aliphatic hydroxyl groups excluding tert-OH is 1. The van der Waals surface area contributed by atoms with Crippen molar-refractivity contribution in [2.45, 2.75) is 19.0 Å². The van der Waals surface area contributed by atoms with Gasteiger partial charge in [0, 0.05) is 31.0 Å². The van der Waals surface area contributed by atoms with E-state index < -0.39 is 17.7 Å². The third-order valence-electron chi connectivity index (χ3n) is 5.71. The van der Waals surface area contributed by atoms with Gasteiger partial charge >= 0.3 is 0 Å². The van der Waals surface area contributed by atoms with E-state index in [1.54, 1.807) is 75.3 Å². The van der Waals surface area contributed by atoms with E-state index in [0.29, 0.717) is 42.1 Å². The van der Waals surface area contributed by atoms with E-state index in [9.17, 15) is 14.7 Å². The largest absolute Gasteiger partial charge is 0.507 e. The summed E-state index contributed by atoms with van der Waals surface area (Å²) in [5.74, 6) is -0.263. The van der Waals surface area contributed by atoms with E-state index in [1.165, 1.54) is 4.90 Å². The van der Waals surface area contributed by atoms with E-state index in [0.717, 1.165) is 0 Å². The number of carbonyl (C=O) groups is 2. The molecule has 1 aliphatic heterocycles. The number of ether oxygens (including phenoxy) is 2. The molecule has 2 heterocycles. The third-order valence-corrected chi connectivity index (χ3v) is 5.71. The van der Waals surface area contributed by atoms with Crippen LogP contribution in [-0.4, -0.2) is 52.0 Å². The van der Waals surface area contributed by atoms with Crippen LogP contribution < -0.4 is 9.47 Å². The Bertz CT molecular complexity index is 1150. The van der Waals surface area contributed by atoms with Gasteiger partial charge in [-0.25, -0.2) is 4.98 Å². The quantitative estimate of drug-likeness (QED) is 0.323. The number of aliphatic hydroxyl groups is 1. The molecule has 8 nitrogen and oxygen atoms in total. The SMILES string of the molecule is COc1ccc(C(O)=C2C(=O)C(=O)N(CCCn3ccnc3)[C@@H]2c2ccc(OC)cc2)cc1. The maximum absolute atomic E-state index is 13.1. The molecule has 170 valence electrons. The summed E-state index contributed by atoms with van der Waals surface area (Å²) < 4.78 is 12.3. The van der Waals surface area contributed by atoms with Gasteiger partial charge in [0.1, 0.15) is 17.3 Å². The Hall–Kier alpha value is -4.07. The number of carbonyl (C=O) groups excluding carboxylic acids is 2. The smallest absolute Gasteiger partial charge is 0.295 e. The molecule has 1 aliphatic rings. The molecular weight excluding hydrogens is 422 g/mol. The van der Waals surface area contributed by atoms with Gasteiger partial charge in [0.2, 0.25) is 0 Å². The molecule has 0 unspecified atom stereocenters. The van der Waals surface area contributed by atoms with Crippen LogP contribution in [0.5, 0.6) is 11.5 Å². The van der Waals surface area contributed by atoms with Crippen molar-refractivity contribution in [3.8, 4) is 11.5 Å². The number of aryl methyl sites for hydroxylation is 1. The molecule has 33 heavy (non-hydrogen) atoms. The zero-order chi connectivity index (χ0) is 23.4.